The summed E-state index contributed by atoms with van der Waals surface area (Å²) in [6.07, 6.45) is 0. The summed E-state index contributed by atoms with van der Waals surface area (Å²) in [6, 6.07) is 12.6. The maximum Gasteiger partial charge on any atom is 0.142 e. The second-order valence-electron chi connectivity index (χ2n) is 4.37. The Balaban J connectivity index is 2.02. The van der Waals surface area contributed by atoms with E-state index in [9.17, 15) is 4.39 Å². The lowest BCUT2D eigenvalue weighted by molar-refractivity contribution is 0.569. The fraction of sp³-hybridized carbons (Fsp3) is 0.200. The molecule has 0 aliphatic rings. The van der Waals surface area contributed by atoms with Crippen LogP contribution in [0.5, 0.6) is 0 Å². The molecule has 1 nitrogen and oxygen atoms in total. The predicted octanol–water partition coefficient (Wildman–Crippen LogP) is 4.98. The van der Waals surface area contributed by atoms with E-state index in [4.69, 9.17) is 23.2 Å². The fourth-order valence-corrected chi connectivity index (χ4v) is 2.27. The van der Waals surface area contributed by atoms with Crippen molar-refractivity contribution in [2.75, 3.05) is 0 Å². The number of hydrogen-bond acceptors (Lipinski definition) is 1. The van der Waals surface area contributed by atoms with Gasteiger partial charge in [0.25, 0.3) is 0 Å². The molecule has 0 fully saturated rings. The highest BCUT2D eigenvalue weighted by molar-refractivity contribution is 6.31. The van der Waals surface area contributed by atoms with E-state index < -0.39 is 5.82 Å². The Hall–Kier alpha value is -1.09. The van der Waals surface area contributed by atoms with E-state index in [-0.39, 0.29) is 11.1 Å². The molecule has 0 aromatic heterocycles. The topological polar surface area (TPSA) is 12.0 Å². The van der Waals surface area contributed by atoms with Gasteiger partial charge in [-0.15, -0.1) is 0 Å². The molecule has 1 atom stereocenters. The van der Waals surface area contributed by atoms with E-state index in [1.165, 1.54) is 6.07 Å². The summed E-state index contributed by atoms with van der Waals surface area (Å²) < 4.78 is 13.3. The summed E-state index contributed by atoms with van der Waals surface area (Å²) in [5.41, 5.74) is 1.87. The molecule has 19 heavy (non-hydrogen) atoms. The smallest absolute Gasteiger partial charge is 0.142 e. The summed E-state index contributed by atoms with van der Waals surface area (Å²) in [7, 11) is 0. The molecule has 1 N–H and O–H groups in total. The highest BCUT2D eigenvalue weighted by Crippen LogP contribution is 2.22. The highest BCUT2D eigenvalue weighted by atomic mass is 35.5. The molecule has 2 rings (SSSR count). The van der Waals surface area contributed by atoms with Crippen molar-refractivity contribution in [2.45, 2.75) is 19.5 Å². The lowest BCUT2D eigenvalue weighted by atomic mass is 10.1. The Kier molecular flexibility index (Phi) is 4.81. The van der Waals surface area contributed by atoms with Gasteiger partial charge in [-0.25, -0.2) is 4.39 Å². The molecule has 0 radical (unpaired) electrons. The average Bonchev–Trinajstić information content (AvgIpc) is 2.40. The Morgan fingerprint density at radius 1 is 1.11 bits per heavy atom. The molecule has 0 heterocycles. The number of hydrogen-bond donors (Lipinski definition) is 1. The van der Waals surface area contributed by atoms with Gasteiger partial charge in [0.15, 0.2) is 0 Å². The highest BCUT2D eigenvalue weighted by Gasteiger charge is 2.09. The van der Waals surface area contributed by atoms with Gasteiger partial charge in [-0.1, -0.05) is 47.5 Å². The normalized spacial score (nSPS) is 12.4. The molecule has 0 spiro atoms. The molecule has 1 unspecified atom stereocenters. The van der Waals surface area contributed by atoms with E-state index in [1.807, 2.05) is 31.2 Å². The fourth-order valence-electron chi connectivity index (χ4n) is 1.86. The zero-order valence-electron chi connectivity index (χ0n) is 10.5. The summed E-state index contributed by atoms with van der Waals surface area (Å²) in [5, 5.41) is 4.18. The third-order valence-corrected chi connectivity index (χ3v) is 3.62. The zero-order chi connectivity index (χ0) is 13.8. The van der Waals surface area contributed by atoms with Crippen LogP contribution in [-0.4, -0.2) is 0 Å². The van der Waals surface area contributed by atoms with E-state index in [1.54, 1.807) is 12.1 Å². The molecular formula is C15H14Cl2FN. The molecule has 0 saturated heterocycles. The van der Waals surface area contributed by atoms with Crippen molar-refractivity contribution in [3.05, 3.63) is 69.5 Å². The SMILES string of the molecule is CC(NCc1ccc(Cl)c(F)c1)c1ccccc1Cl. The van der Waals surface area contributed by atoms with Crippen LogP contribution in [0.4, 0.5) is 4.39 Å². The molecule has 0 aliphatic carbocycles. The first kappa shape index (κ1) is 14.3. The molecule has 0 bridgehead atoms. The van der Waals surface area contributed by atoms with Gasteiger partial charge in [0, 0.05) is 17.6 Å². The molecular weight excluding hydrogens is 284 g/mol. The van der Waals surface area contributed by atoms with Gasteiger partial charge >= 0.3 is 0 Å². The minimum Gasteiger partial charge on any atom is -0.306 e. The summed E-state index contributed by atoms with van der Waals surface area (Å²) in [4.78, 5) is 0. The van der Waals surface area contributed by atoms with Crippen LogP contribution in [0.3, 0.4) is 0 Å². The first-order valence-corrected chi connectivity index (χ1v) is 6.75. The van der Waals surface area contributed by atoms with E-state index in [0.29, 0.717) is 6.54 Å². The molecule has 0 amide bonds. The Labute approximate surface area is 122 Å². The van der Waals surface area contributed by atoms with E-state index in [2.05, 4.69) is 5.32 Å². The predicted molar refractivity (Wildman–Crippen MR) is 78.1 cm³/mol. The van der Waals surface area contributed by atoms with Crippen molar-refractivity contribution in [3.8, 4) is 0 Å². The molecule has 2 aromatic rings. The molecule has 0 aliphatic heterocycles. The Morgan fingerprint density at radius 3 is 2.53 bits per heavy atom. The standard InChI is InChI=1S/C15H14Cl2FN/c1-10(12-4-2-3-5-13(12)16)19-9-11-6-7-14(17)15(18)8-11/h2-8,10,19H,9H2,1H3. The second-order valence-corrected chi connectivity index (χ2v) is 5.19. The third kappa shape index (κ3) is 3.69. The van der Waals surface area contributed by atoms with Crippen molar-refractivity contribution in [1.82, 2.24) is 5.32 Å². The van der Waals surface area contributed by atoms with Crippen LogP contribution >= 0.6 is 23.2 Å². The maximum atomic E-state index is 13.3. The van der Waals surface area contributed by atoms with Gasteiger partial charge < -0.3 is 5.32 Å². The van der Waals surface area contributed by atoms with Gasteiger partial charge in [0.2, 0.25) is 0 Å². The number of nitrogens with one attached hydrogen (secondary N) is 1. The van der Waals surface area contributed by atoms with Crippen LogP contribution in [0.2, 0.25) is 10.0 Å². The third-order valence-electron chi connectivity index (χ3n) is 2.97. The monoisotopic (exact) mass is 297 g/mol. The van der Waals surface area contributed by atoms with Crippen molar-refractivity contribution in [3.63, 3.8) is 0 Å². The summed E-state index contributed by atoms with van der Waals surface area (Å²) >= 11 is 11.8. The lowest BCUT2D eigenvalue weighted by Crippen LogP contribution is -2.18. The van der Waals surface area contributed by atoms with E-state index >= 15 is 0 Å². The van der Waals surface area contributed by atoms with Crippen molar-refractivity contribution < 1.29 is 4.39 Å². The van der Waals surface area contributed by atoms with Gasteiger partial charge in [-0.05, 0) is 36.2 Å². The summed E-state index contributed by atoms with van der Waals surface area (Å²) in [6.45, 7) is 2.58. The number of rotatable bonds is 4. The van der Waals surface area contributed by atoms with Crippen molar-refractivity contribution >= 4 is 23.2 Å². The van der Waals surface area contributed by atoms with E-state index in [0.717, 1.165) is 16.1 Å². The number of benzene rings is 2. The lowest BCUT2D eigenvalue weighted by Gasteiger charge is -2.15. The van der Waals surface area contributed by atoms with Crippen LogP contribution in [-0.2, 0) is 6.54 Å². The first-order valence-electron chi connectivity index (χ1n) is 5.99. The second kappa shape index (κ2) is 6.38. The molecule has 100 valence electrons. The van der Waals surface area contributed by atoms with Crippen molar-refractivity contribution in [2.24, 2.45) is 0 Å². The summed E-state index contributed by atoms with van der Waals surface area (Å²) in [5.74, 6) is -0.397. The van der Waals surface area contributed by atoms with Crippen LogP contribution in [0, 0.1) is 5.82 Å². The maximum absolute atomic E-state index is 13.3. The van der Waals surface area contributed by atoms with Gasteiger partial charge in [0.1, 0.15) is 5.82 Å². The largest absolute Gasteiger partial charge is 0.306 e. The number of halogens is 3. The minimum atomic E-state index is -0.397. The van der Waals surface area contributed by atoms with Crippen LogP contribution in [0.15, 0.2) is 42.5 Å². The quantitative estimate of drug-likeness (QED) is 0.839. The Bertz CT molecular complexity index is 572. The molecule has 4 heteroatoms. The zero-order valence-corrected chi connectivity index (χ0v) is 12.0. The van der Waals surface area contributed by atoms with Crippen LogP contribution in [0.1, 0.15) is 24.1 Å². The molecule has 0 saturated carbocycles. The van der Waals surface area contributed by atoms with Crippen molar-refractivity contribution in [1.29, 1.82) is 0 Å². The van der Waals surface area contributed by atoms with Gasteiger partial charge in [0.05, 0.1) is 5.02 Å². The Morgan fingerprint density at radius 2 is 1.84 bits per heavy atom. The average molecular weight is 298 g/mol. The molecule has 2 aromatic carbocycles. The van der Waals surface area contributed by atoms with Gasteiger partial charge in [-0.2, -0.15) is 0 Å². The van der Waals surface area contributed by atoms with Crippen LogP contribution < -0.4 is 5.32 Å². The first-order chi connectivity index (χ1) is 9.08. The van der Waals surface area contributed by atoms with Gasteiger partial charge in [-0.3, -0.25) is 0 Å². The van der Waals surface area contributed by atoms with Crippen LogP contribution in [0.25, 0.3) is 0 Å². The minimum absolute atomic E-state index is 0.0902.